The van der Waals surface area contributed by atoms with Crippen molar-refractivity contribution in [3.8, 4) is 11.8 Å². The Balaban J connectivity index is 2.31. The Morgan fingerprint density at radius 2 is 1.56 bits per heavy atom. The number of rotatable bonds is 4. The molecule has 0 saturated heterocycles. The summed E-state index contributed by atoms with van der Waals surface area (Å²) in [6, 6.07) is 18.2. The van der Waals surface area contributed by atoms with E-state index >= 15 is 0 Å². The van der Waals surface area contributed by atoms with Gasteiger partial charge in [0.15, 0.2) is 0 Å². The average Bonchev–Trinajstić information content (AvgIpc) is 2.42. The van der Waals surface area contributed by atoms with Crippen molar-refractivity contribution in [1.29, 1.82) is 5.26 Å². The Labute approximate surface area is 107 Å². The summed E-state index contributed by atoms with van der Waals surface area (Å²) in [6.45, 7) is 0. The molecule has 90 valence electrons. The van der Waals surface area contributed by atoms with Crippen LogP contribution in [0.5, 0.6) is 5.75 Å². The number of ether oxygens (including phenoxy) is 1. The Bertz CT molecular complexity index is 569. The fourth-order valence-electron chi connectivity index (χ4n) is 2.04. The Hall–Kier alpha value is -2.27. The maximum Gasteiger partial charge on any atom is 0.122 e. The van der Waals surface area contributed by atoms with Crippen molar-refractivity contribution in [2.75, 3.05) is 7.11 Å². The molecular weight excluding hydrogens is 222 g/mol. The summed E-state index contributed by atoms with van der Waals surface area (Å²) < 4.78 is 5.35. The van der Waals surface area contributed by atoms with Gasteiger partial charge in [-0.25, -0.2) is 0 Å². The van der Waals surface area contributed by atoms with Crippen LogP contribution >= 0.6 is 0 Å². The van der Waals surface area contributed by atoms with Gasteiger partial charge in [0.2, 0.25) is 0 Å². The molecule has 2 rings (SSSR count). The number of nitriles is 1. The van der Waals surface area contributed by atoms with Crippen LogP contribution in [-0.2, 0) is 12.8 Å². The minimum atomic E-state index is 0.450. The second-order valence-corrected chi connectivity index (χ2v) is 4.09. The van der Waals surface area contributed by atoms with Gasteiger partial charge in [-0.3, -0.25) is 0 Å². The van der Waals surface area contributed by atoms with Gasteiger partial charge in [0.05, 0.1) is 19.6 Å². The molecule has 0 unspecified atom stereocenters. The number of hydrogen-bond donors (Lipinski definition) is 0. The lowest BCUT2D eigenvalue weighted by atomic mass is 9.98. The summed E-state index contributed by atoms with van der Waals surface area (Å²) >= 11 is 0. The molecule has 0 fully saturated rings. The first-order valence-electron chi connectivity index (χ1n) is 5.90. The van der Waals surface area contributed by atoms with Crippen molar-refractivity contribution in [2.45, 2.75) is 12.8 Å². The summed E-state index contributed by atoms with van der Waals surface area (Å²) in [5, 5.41) is 8.84. The Morgan fingerprint density at radius 1 is 0.944 bits per heavy atom. The van der Waals surface area contributed by atoms with E-state index in [0.29, 0.717) is 6.42 Å². The van der Waals surface area contributed by atoms with Crippen LogP contribution in [0.15, 0.2) is 48.5 Å². The highest BCUT2D eigenvalue weighted by Gasteiger charge is 2.06. The Kier molecular flexibility index (Phi) is 3.98. The zero-order valence-electron chi connectivity index (χ0n) is 10.4. The van der Waals surface area contributed by atoms with Crippen molar-refractivity contribution in [3.05, 3.63) is 65.2 Å². The van der Waals surface area contributed by atoms with Gasteiger partial charge >= 0.3 is 0 Å². The number of methoxy groups -OCH3 is 1. The third-order valence-corrected chi connectivity index (χ3v) is 2.96. The second kappa shape index (κ2) is 5.88. The first-order valence-corrected chi connectivity index (χ1v) is 5.90. The number of nitrogens with zero attached hydrogens (tertiary/aromatic N) is 1. The molecule has 0 bridgehead atoms. The van der Waals surface area contributed by atoms with Gasteiger partial charge < -0.3 is 4.74 Å². The second-order valence-electron chi connectivity index (χ2n) is 4.09. The molecule has 0 radical (unpaired) electrons. The van der Waals surface area contributed by atoms with Gasteiger partial charge in [-0.1, -0.05) is 42.5 Å². The number of hydrogen-bond acceptors (Lipinski definition) is 2. The molecule has 0 atom stereocenters. The van der Waals surface area contributed by atoms with E-state index in [1.54, 1.807) is 7.11 Å². The van der Waals surface area contributed by atoms with Crippen LogP contribution in [0.4, 0.5) is 0 Å². The molecule has 0 aliphatic heterocycles. The van der Waals surface area contributed by atoms with Gasteiger partial charge in [-0.2, -0.15) is 5.26 Å². The molecule has 0 aliphatic rings. The molecule has 2 aromatic rings. The first kappa shape index (κ1) is 12.2. The van der Waals surface area contributed by atoms with Crippen LogP contribution < -0.4 is 4.74 Å². The largest absolute Gasteiger partial charge is 0.496 e. The van der Waals surface area contributed by atoms with E-state index in [0.717, 1.165) is 23.3 Å². The molecule has 2 nitrogen and oxygen atoms in total. The standard InChI is InChI=1S/C16H15NO/c1-18-16-9-5-4-8-15(16)12-14-7-3-2-6-13(14)10-11-17/h2-9H,10,12H2,1H3. The van der Waals surface area contributed by atoms with Crippen LogP contribution in [-0.4, -0.2) is 7.11 Å². The highest BCUT2D eigenvalue weighted by atomic mass is 16.5. The third kappa shape index (κ3) is 2.70. The first-order chi connectivity index (χ1) is 8.85. The lowest BCUT2D eigenvalue weighted by molar-refractivity contribution is 0.410. The quantitative estimate of drug-likeness (QED) is 0.817. The summed E-state index contributed by atoms with van der Waals surface area (Å²) in [4.78, 5) is 0. The van der Waals surface area contributed by atoms with Crippen molar-refractivity contribution < 1.29 is 4.74 Å². The summed E-state index contributed by atoms with van der Waals surface area (Å²) in [5.41, 5.74) is 3.42. The van der Waals surface area contributed by atoms with E-state index in [2.05, 4.69) is 18.2 Å². The molecule has 2 heteroatoms. The number of para-hydroxylation sites is 1. The lowest BCUT2D eigenvalue weighted by Crippen LogP contribution is -1.97. The minimum absolute atomic E-state index is 0.450. The Morgan fingerprint density at radius 3 is 2.22 bits per heavy atom. The van der Waals surface area contributed by atoms with Gasteiger partial charge in [-0.15, -0.1) is 0 Å². The monoisotopic (exact) mass is 237 g/mol. The third-order valence-electron chi connectivity index (χ3n) is 2.96. The predicted octanol–water partition coefficient (Wildman–Crippen LogP) is 3.35. The van der Waals surface area contributed by atoms with E-state index in [9.17, 15) is 0 Å². The molecule has 0 amide bonds. The smallest absolute Gasteiger partial charge is 0.122 e. The highest BCUT2D eigenvalue weighted by Crippen LogP contribution is 2.22. The maximum absolute atomic E-state index is 8.84. The molecule has 18 heavy (non-hydrogen) atoms. The average molecular weight is 237 g/mol. The molecule has 0 N–H and O–H groups in total. The topological polar surface area (TPSA) is 33.0 Å². The van der Waals surface area contributed by atoms with Gasteiger partial charge in [0.1, 0.15) is 5.75 Å². The fraction of sp³-hybridized carbons (Fsp3) is 0.188. The van der Waals surface area contributed by atoms with Crippen LogP contribution in [0.1, 0.15) is 16.7 Å². The van der Waals surface area contributed by atoms with Crippen molar-refractivity contribution >= 4 is 0 Å². The van der Waals surface area contributed by atoms with E-state index in [1.807, 2.05) is 36.4 Å². The van der Waals surface area contributed by atoms with E-state index in [1.165, 1.54) is 5.56 Å². The SMILES string of the molecule is COc1ccccc1Cc1ccccc1CC#N. The van der Waals surface area contributed by atoms with Crippen molar-refractivity contribution in [3.63, 3.8) is 0 Å². The number of benzene rings is 2. The molecule has 0 heterocycles. The summed E-state index contributed by atoms with van der Waals surface area (Å²) in [5.74, 6) is 0.893. The zero-order valence-corrected chi connectivity index (χ0v) is 10.4. The van der Waals surface area contributed by atoms with Crippen LogP contribution in [0, 0.1) is 11.3 Å². The molecule has 0 aliphatic carbocycles. The lowest BCUT2D eigenvalue weighted by Gasteiger charge is -2.10. The van der Waals surface area contributed by atoms with E-state index < -0.39 is 0 Å². The zero-order chi connectivity index (χ0) is 12.8. The van der Waals surface area contributed by atoms with Crippen LogP contribution in [0.2, 0.25) is 0 Å². The minimum Gasteiger partial charge on any atom is -0.496 e. The van der Waals surface area contributed by atoms with Crippen molar-refractivity contribution in [1.82, 2.24) is 0 Å². The van der Waals surface area contributed by atoms with Gasteiger partial charge in [0, 0.05) is 6.42 Å². The van der Waals surface area contributed by atoms with Crippen LogP contribution in [0.3, 0.4) is 0 Å². The molecule has 0 spiro atoms. The molecular formula is C16H15NO. The van der Waals surface area contributed by atoms with Gasteiger partial charge in [-0.05, 0) is 22.8 Å². The summed E-state index contributed by atoms with van der Waals surface area (Å²) in [7, 11) is 1.68. The molecule has 0 aromatic heterocycles. The maximum atomic E-state index is 8.84. The predicted molar refractivity (Wildman–Crippen MR) is 71.6 cm³/mol. The fourth-order valence-corrected chi connectivity index (χ4v) is 2.04. The van der Waals surface area contributed by atoms with Gasteiger partial charge in [0.25, 0.3) is 0 Å². The summed E-state index contributed by atoms with van der Waals surface area (Å²) in [6.07, 6.45) is 1.24. The van der Waals surface area contributed by atoms with E-state index in [4.69, 9.17) is 10.00 Å². The van der Waals surface area contributed by atoms with Crippen molar-refractivity contribution in [2.24, 2.45) is 0 Å². The molecule has 2 aromatic carbocycles. The molecule has 0 saturated carbocycles. The van der Waals surface area contributed by atoms with Crippen LogP contribution in [0.25, 0.3) is 0 Å². The highest BCUT2D eigenvalue weighted by molar-refractivity contribution is 5.40. The van der Waals surface area contributed by atoms with E-state index in [-0.39, 0.29) is 0 Å². The normalized spacial score (nSPS) is 9.78.